The van der Waals surface area contributed by atoms with Gasteiger partial charge < -0.3 is 4.74 Å². The van der Waals surface area contributed by atoms with E-state index in [1.807, 2.05) is 19.1 Å². The number of pyridine rings is 1. The third kappa shape index (κ3) is 1.81. The molecule has 0 radical (unpaired) electrons. The van der Waals surface area contributed by atoms with Gasteiger partial charge in [0.25, 0.3) is 0 Å². The second-order valence-electron chi connectivity index (χ2n) is 5.76. The number of rotatable bonds is 1. The second-order valence-corrected chi connectivity index (χ2v) is 5.76. The van der Waals surface area contributed by atoms with Gasteiger partial charge in [0.2, 0.25) is 0 Å². The van der Waals surface area contributed by atoms with E-state index in [4.69, 9.17) is 9.72 Å². The van der Waals surface area contributed by atoms with Crippen molar-refractivity contribution in [3.63, 3.8) is 0 Å². The summed E-state index contributed by atoms with van der Waals surface area (Å²) in [5.41, 5.74) is 5.10. The van der Waals surface area contributed by atoms with Gasteiger partial charge in [-0.15, -0.1) is 0 Å². The predicted molar refractivity (Wildman–Crippen MR) is 82.5 cm³/mol. The molecule has 3 nitrogen and oxygen atoms in total. The minimum absolute atomic E-state index is 0.129. The van der Waals surface area contributed by atoms with Crippen LogP contribution in [0.3, 0.4) is 0 Å². The molecule has 1 unspecified atom stereocenters. The average Bonchev–Trinajstić information content (AvgIpc) is 2.89. The zero-order valence-electron chi connectivity index (χ0n) is 11.8. The molecule has 0 saturated carbocycles. The normalized spacial score (nSPS) is 19.3. The first-order valence-electron chi connectivity index (χ1n) is 7.09. The minimum atomic E-state index is 0.129. The molecule has 0 N–H and O–H groups in total. The van der Waals surface area contributed by atoms with E-state index in [1.165, 1.54) is 0 Å². The number of carbonyl (C=O) groups is 1. The first-order valence-corrected chi connectivity index (χ1v) is 7.09. The number of nitrogens with zero attached hydrogens (tertiary/aromatic N) is 1. The lowest BCUT2D eigenvalue weighted by Crippen LogP contribution is -2.07. The van der Waals surface area contributed by atoms with Crippen LogP contribution in [-0.4, -0.2) is 17.4 Å². The quantitative estimate of drug-likeness (QED) is 0.750. The largest absolute Gasteiger partial charge is 0.492 e. The molecular formula is C18H15NO2. The summed E-state index contributed by atoms with van der Waals surface area (Å²) in [7, 11) is 0. The highest BCUT2D eigenvalue weighted by Gasteiger charge is 2.28. The number of ether oxygens (including phenoxy) is 1. The van der Waals surface area contributed by atoms with Crippen molar-refractivity contribution in [1.29, 1.82) is 0 Å². The summed E-state index contributed by atoms with van der Waals surface area (Å²) in [4.78, 5) is 16.3. The van der Waals surface area contributed by atoms with E-state index < -0.39 is 0 Å². The molecule has 0 spiro atoms. The summed E-state index contributed by atoms with van der Waals surface area (Å²) in [6.45, 7) is 6.74. The van der Waals surface area contributed by atoms with Gasteiger partial charge in [-0.3, -0.25) is 4.79 Å². The predicted octanol–water partition coefficient (Wildman–Crippen LogP) is 3.43. The van der Waals surface area contributed by atoms with E-state index in [1.54, 1.807) is 12.2 Å². The molecular weight excluding hydrogens is 262 g/mol. The Hall–Kier alpha value is -2.42. The zero-order chi connectivity index (χ0) is 14.6. The zero-order valence-corrected chi connectivity index (χ0v) is 11.8. The Bertz CT molecular complexity index is 833. The highest BCUT2D eigenvalue weighted by molar-refractivity contribution is 5.99. The molecule has 0 amide bonds. The fourth-order valence-electron chi connectivity index (χ4n) is 3.14. The maximum atomic E-state index is 11.6. The van der Waals surface area contributed by atoms with Crippen LogP contribution in [-0.2, 0) is 11.2 Å². The Morgan fingerprint density at radius 3 is 3.05 bits per heavy atom. The molecule has 21 heavy (non-hydrogen) atoms. The molecule has 1 aliphatic heterocycles. The van der Waals surface area contributed by atoms with E-state index in [-0.39, 0.29) is 11.7 Å². The monoisotopic (exact) mass is 277 g/mol. The molecule has 2 heterocycles. The van der Waals surface area contributed by atoms with Crippen LogP contribution in [0.5, 0.6) is 5.75 Å². The number of benzene rings is 1. The molecule has 4 rings (SSSR count). The lowest BCUT2D eigenvalue weighted by Gasteiger charge is -2.14. The Balaban J connectivity index is 2.00. The molecule has 104 valence electrons. The Labute approximate surface area is 123 Å². The molecule has 2 aliphatic rings. The van der Waals surface area contributed by atoms with Crippen molar-refractivity contribution in [3.05, 3.63) is 53.2 Å². The van der Waals surface area contributed by atoms with Crippen molar-refractivity contribution in [2.45, 2.75) is 19.3 Å². The maximum absolute atomic E-state index is 11.6. The van der Waals surface area contributed by atoms with Crippen LogP contribution >= 0.6 is 0 Å². The number of ketones is 1. The van der Waals surface area contributed by atoms with Gasteiger partial charge in [0.15, 0.2) is 5.78 Å². The van der Waals surface area contributed by atoms with Crippen molar-refractivity contribution in [3.8, 4) is 5.75 Å². The molecule has 1 aromatic carbocycles. The number of allylic oxidation sites excluding steroid dienone is 1. The molecule has 2 aromatic rings. The van der Waals surface area contributed by atoms with Crippen LogP contribution in [0.15, 0.2) is 36.4 Å². The lowest BCUT2D eigenvalue weighted by molar-refractivity contribution is -0.114. The lowest BCUT2D eigenvalue weighted by atomic mass is 9.90. The van der Waals surface area contributed by atoms with Crippen LogP contribution in [0.2, 0.25) is 0 Å². The van der Waals surface area contributed by atoms with E-state index in [0.717, 1.165) is 39.0 Å². The fraction of sp³-hybridized carbons (Fsp3) is 0.222. The van der Waals surface area contributed by atoms with Gasteiger partial charge >= 0.3 is 0 Å². The van der Waals surface area contributed by atoms with E-state index in [0.29, 0.717) is 13.0 Å². The van der Waals surface area contributed by atoms with Crippen molar-refractivity contribution in [1.82, 2.24) is 4.98 Å². The number of carbonyl (C=O) groups excluding carboxylic acids is 1. The Kier molecular flexibility index (Phi) is 2.52. The molecule has 1 aromatic heterocycles. The number of fused-ring (bicyclic) bond motifs is 4. The van der Waals surface area contributed by atoms with Gasteiger partial charge in [-0.05, 0) is 42.8 Å². The van der Waals surface area contributed by atoms with Gasteiger partial charge in [0.05, 0.1) is 17.8 Å². The van der Waals surface area contributed by atoms with Crippen LogP contribution in [0.25, 0.3) is 17.0 Å². The minimum Gasteiger partial charge on any atom is -0.492 e. The fourth-order valence-corrected chi connectivity index (χ4v) is 3.14. The molecule has 1 atom stereocenters. The summed E-state index contributed by atoms with van der Waals surface area (Å²) in [6, 6.07) is 6.07. The molecule has 1 aliphatic carbocycles. The van der Waals surface area contributed by atoms with E-state index in [9.17, 15) is 4.79 Å². The third-order valence-corrected chi connectivity index (χ3v) is 4.25. The SMILES string of the molecule is C=C(C)C1COc2ccc3nc4c(cc3c21)CC(=O)C=C4. The molecule has 0 saturated heterocycles. The van der Waals surface area contributed by atoms with Gasteiger partial charge in [-0.2, -0.15) is 0 Å². The maximum Gasteiger partial charge on any atom is 0.160 e. The first-order chi connectivity index (χ1) is 10.1. The number of hydrogen-bond acceptors (Lipinski definition) is 3. The molecule has 3 heteroatoms. The summed E-state index contributed by atoms with van der Waals surface area (Å²) < 4.78 is 5.78. The summed E-state index contributed by atoms with van der Waals surface area (Å²) in [5.74, 6) is 1.25. The van der Waals surface area contributed by atoms with Crippen LogP contribution in [0, 0.1) is 0 Å². The van der Waals surface area contributed by atoms with E-state index in [2.05, 4.69) is 12.6 Å². The smallest absolute Gasteiger partial charge is 0.160 e. The highest BCUT2D eigenvalue weighted by Crippen LogP contribution is 2.42. The Morgan fingerprint density at radius 2 is 2.24 bits per heavy atom. The number of aromatic nitrogens is 1. The van der Waals surface area contributed by atoms with E-state index >= 15 is 0 Å². The summed E-state index contributed by atoms with van der Waals surface area (Å²) in [6.07, 6.45) is 3.84. The standard InChI is InChI=1S/C18H15NO2/c1-10(2)14-9-21-17-6-5-16-13(18(14)17)8-11-7-12(20)3-4-15(11)19-16/h3-6,8,14H,1,7,9H2,2H3. The van der Waals surface area contributed by atoms with Crippen molar-refractivity contribution < 1.29 is 9.53 Å². The Morgan fingerprint density at radius 1 is 1.38 bits per heavy atom. The van der Waals surface area contributed by atoms with Crippen LogP contribution in [0.4, 0.5) is 0 Å². The third-order valence-electron chi connectivity index (χ3n) is 4.25. The van der Waals surface area contributed by atoms with Crippen molar-refractivity contribution in [2.24, 2.45) is 0 Å². The second kappa shape index (κ2) is 4.29. The molecule has 0 fully saturated rings. The first kappa shape index (κ1) is 12.3. The van der Waals surface area contributed by atoms with Gasteiger partial charge in [0.1, 0.15) is 5.75 Å². The van der Waals surface area contributed by atoms with Gasteiger partial charge in [0, 0.05) is 23.3 Å². The van der Waals surface area contributed by atoms with Crippen LogP contribution < -0.4 is 4.74 Å². The highest BCUT2D eigenvalue weighted by atomic mass is 16.5. The van der Waals surface area contributed by atoms with Gasteiger partial charge in [-0.1, -0.05) is 12.2 Å². The average molecular weight is 277 g/mol. The van der Waals surface area contributed by atoms with Crippen molar-refractivity contribution in [2.75, 3.05) is 6.61 Å². The van der Waals surface area contributed by atoms with Crippen LogP contribution in [0.1, 0.15) is 29.7 Å². The van der Waals surface area contributed by atoms with Crippen molar-refractivity contribution >= 4 is 22.8 Å². The summed E-state index contributed by atoms with van der Waals surface area (Å²) >= 11 is 0. The molecule has 0 bridgehead atoms. The summed E-state index contributed by atoms with van der Waals surface area (Å²) in [5, 5.41) is 1.08. The number of hydrogen-bond donors (Lipinski definition) is 0. The van der Waals surface area contributed by atoms with Gasteiger partial charge in [-0.25, -0.2) is 4.98 Å². The topological polar surface area (TPSA) is 39.2 Å².